The van der Waals surface area contributed by atoms with Crippen molar-refractivity contribution in [3.8, 4) is 17.0 Å². The molecule has 3 heterocycles. The summed E-state index contributed by atoms with van der Waals surface area (Å²) in [6.07, 6.45) is 5.39. The van der Waals surface area contributed by atoms with E-state index in [4.69, 9.17) is 9.47 Å². The van der Waals surface area contributed by atoms with Crippen molar-refractivity contribution in [3.63, 3.8) is 0 Å². The molecule has 12 heteroatoms. The number of amides is 1. The molecule has 1 aliphatic heterocycles. The van der Waals surface area contributed by atoms with Crippen LogP contribution in [0.3, 0.4) is 0 Å². The van der Waals surface area contributed by atoms with Crippen molar-refractivity contribution >= 4 is 38.2 Å². The number of hydrogen-bond acceptors (Lipinski definition) is 8. The minimum Gasteiger partial charge on any atom is -0.475 e. The molecule has 1 amide bonds. The fourth-order valence-corrected chi connectivity index (χ4v) is 6.41. The molecule has 0 saturated heterocycles. The molecule has 10 nitrogen and oxygen atoms in total. The highest BCUT2D eigenvalue weighted by molar-refractivity contribution is 7.92. The molecule has 1 saturated carbocycles. The van der Waals surface area contributed by atoms with Gasteiger partial charge in [0.05, 0.1) is 29.1 Å². The number of nitrogens with zero attached hydrogens (tertiary/aromatic N) is 3. The van der Waals surface area contributed by atoms with Crippen LogP contribution in [0.5, 0.6) is 5.88 Å². The number of pyridine rings is 2. The number of halogens is 1. The van der Waals surface area contributed by atoms with E-state index in [0.29, 0.717) is 48.1 Å². The summed E-state index contributed by atoms with van der Waals surface area (Å²) in [6.45, 7) is 5.38. The first-order valence-electron chi connectivity index (χ1n) is 13.2. The number of carbonyl (C=O) groups excluding carboxylic acids is 1. The Morgan fingerprint density at radius 1 is 1.20 bits per heavy atom. The minimum atomic E-state index is -3.67. The Hall–Kier alpha value is -3.35. The molecule has 3 aromatic rings. The molecule has 40 heavy (non-hydrogen) atoms. The van der Waals surface area contributed by atoms with Gasteiger partial charge < -0.3 is 19.7 Å². The second-order valence-electron chi connectivity index (χ2n) is 11.0. The summed E-state index contributed by atoms with van der Waals surface area (Å²) in [6, 6.07) is 4.80. The molecular formula is C28H34FN5O5S. The molecule has 1 aliphatic carbocycles. The molecule has 1 aromatic carbocycles. The van der Waals surface area contributed by atoms with Gasteiger partial charge in [-0.2, -0.15) is 0 Å². The van der Waals surface area contributed by atoms with E-state index in [1.54, 1.807) is 31.3 Å². The van der Waals surface area contributed by atoms with Gasteiger partial charge in [-0.15, -0.1) is 0 Å². The van der Waals surface area contributed by atoms with Gasteiger partial charge in [0.25, 0.3) is 0 Å². The van der Waals surface area contributed by atoms with E-state index in [0.717, 1.165) is 11.8 Å². The summed E-state index contributed by atoms with van der Waals surface area (Å²) >= 11 is 0. The molecule has 0 bridgehead atoms. The van der Waals surface area contributed by atoms with Crippen molar-refractivity contribution < 1.29 is 27.1 Å². The van der Waals surface area contributed by atoms with Gasteiger partial charge >= 0.3 is 0 Å². The standard InChI is InChI=1S/C28H34FN5O5S/c1-16(2)30-6-7-39-26-23(33-40(5,36)37)8-18(13-32-26)19-9-20-22(10-21(19)29)31-14-24-25(20)28(27(35)34(24)3)11-17(12-28)15-38-4/h8-10,13-14,16-17,30,33H,6-7,11-12,15H2,1-5H3. The minimum absolute atomic E-state index is 0.00444. The number of anilines is 2. The Morgan fingerprint density at radius 3 is 2.62 bits per heavy atom. The first kappa shape index (κ1) is 28.2. The van der Waals surface area contributed by atoms with Crippen molar-refractivity contribution in [1.29, 1.82) is 0 Å². The quantitative estimate of drug-likeness (QED) is 0.355. The zero-order valence-corrected chi connectivity index (χ0v) is 24.1. The molecule has 214 valence electrons. The number of carbonyl (C=O) groups is 1. The van der Waals surface area contributed by atoms with Crippen molar-refractivity contribution in [2.45, 2.75) is 38.1 Å². The van der Waals surface area contributed by atoms with E-state index in [2.05, 4.69) is 20.0 Å². The lowest BCUT2D eigenvalue weighted by Gasteiger charge is -2.44. The van der Waals surface area contributed by atoms with Gasteiger partial charge in [0.2, 0.25) is 21.8 Å². The van der Waals surface area contributed by atoms with Crippen LogP contribution >= 0.6 is 0 Å². The van der Waals surface area contributed by atoms with Crippen LogP contribution in [0.25, 0.3) is 22.0 Å². The third-order valence-corrected chi connectivity index (χ3v) is 8.11. The summed E-state index contributed by atoms with van der Waals surface area (Å²) < 4.78 is 53.2. The SMILES string of the molecule is COCC1CC2(C1)C(=O)N(C)c1cnc3cc(F)c(-c4cnc(OCCNC(C)C)c(NS(C)(=O)=O)c4)cc3c12. The lowest BCUT2D eigenvalue weighted by Crippen LogP contribution is -2.50. The maximum atomic E-state index is 15.5. The maximum absolute atomic E-state index is 15.5. The fourth-order valence-electron chi connectivity index (χ4n) is 5.86. The molecule has 5 rings (SSSR count). The molecule has 2 N–H and O–H groups in total. The lowest BCUT2D eigenvalue weighted by atomic mass is 9.58. The van der Waals surface area contributed by atoms with Crippen molar-refractivity contribution in [3.05, 3.63) is 42.0 Å². The molecule has 0 radical (unpaired) electrons. The molecule has 1 spiro atoms. The molecular weight excluding hydrogens is 537 g/mol. The highest BCUT2D eigenvalue weighted by Crippen LogP contribution is 2.57. The van der Waals surface area contributed by atoms with Crippen LogP contribution in [-0.4, -0.2) is 70.5 Å². The number of rotatable bonds is 10. The van der Waals surface area contributed by atoms with Gasteiger partial charge in [-0.1, -0.05) is 13.8 Å². The van der Waals surface area contributed by atoms with E-state index < -0.39 is 21.3 Å². The molecule has 2 aromatic heterocycles. The zero-order chi connectivity index (χ0) is 28.8. The van der Waals surface area contributed by atoms with Gasteiger partial charge in [0.1, 0.15) is 18.1 Å². The summed E-state index contributed by atoms with van der Waals surface area (Å²) in [5.74, 6) is -0.189. The van der Waals surface area contributed by atoms with E-state index in [1.807, 2.05) is 13.8 Å². The van der Waals surface area contributed by atoms with Gasteiger partial charge in [0, 0.05) is 67.7 Å². The number of sulfonamides is 1. The molecule has 0 unspecified atom stereocenters. The Labute approximate surface area is 233 Å². The van der Waals surface area contributed by atoms with Gasteiger partial charge in [-0.3, -0.25) is 14.5 Å². The van der Waals surface area contributed by atoms with Gasteiger partial charge in [-0.25, -0.2) is 17.8 Å². The monoisotopic (exact) mass is 571 g/mol. The number of methoxy groups -OCH3 is 1. The van der Waals surface area contributed by atoms with Crippen molar-refractivity contribution in [2.75, 3.05) is 49.8 Å². The second kappa shape index (κ2) is 10.6. The van der Waals surface area contributed by atoms with Gasteiger partial charge in [0.15, 0.2) is 0 Å². The van der Waals surface area contributed by atoms with Crippen molar-refractivity contribution in [2.24, 2.45) is 5.92 Å². The second-order valence-corrected chi connectivity index (χ2v) is 12.7. The first-order chi connectivity index (χ1) is 18.9. The normalized spacial score (nSPS) is 20.3. The average Bonchev–Trinajstić information content (AvgIpc) is 3.08. The smallest absolute Gasteiger partial charge is 0.238 e. The molecule has 1 fully saturated rings. The number of fused-ring (bicyclic) bond motifs is 4. The number of ether oxygens (including phenoxy) is 2. The largest absolute Gasteiger partial charge is 0.475 e. The van der Waals surface area contributed by atoms with Crippen LogP contribution < -0.4 is 19.7 Å². The summed E-state index contributed by atoms with van der Waals surface area (Å²) in [4.78, 5) is 23.8. The van der Waals surface area contributed by atoms with E-state index in [1.165, 1.54) is 18.3 Å². The van der Waals surface area contributed by atoms with Crippen LogP contribution in [0.4, 0.5) is 15.8 Å². The van der Waals surface area contributed by atoms with Crippen LogP contribution in [-0.2, 0) is 25.0 Å². The predicted octanol–water partition coefficient (Wildman–Crippen LogP) is 3.45. The van der Waals surface area contributed by atoms with Crippen molar-refractivity contribution in [1.82, 2.24) is 15.3 Å². The predicted molar refractivity (Wildman–Crippen MR) is 152 cm³/mol. The molecule has 0 atom stereocenters. The zero-order valence-electron chi connectivity index (χ0n) is 23.2. The summed E-state index contributed by atoms with van der Waals surface area (Å²) in [5, 5.41) is 3.90. The number of benzene rings is 1. The number of aromatic nitrogens is 2. The summed E-state index contributed by atoms with van der Waals surface area (Å²) in [7, 11) is -0.287. The average molecular weight is 572 g/mol. The van der Waals surface area contributed by atoms with E-state index >= 15 is 4.39 Å². The van der Waals surface area contributed by atoms with E-state index in [9.17, 15) is 13.2 Å². The van der Waals surface area contributed by atoms with Crippen LogP contribution in [0.2, 0.25) is 0 Å². The van der Waals surface area contributed by atoms with Crippen LogP contribution in [0.15, 0.2) is 30.6 Å². The Balaban J connectivity index is 1.58. The topological polar surface area (TPSA) is 123 Å². The third kappa shape index (κ3) is 5.11. The van der Waals surface area contributed by atoms with E-state index in [-0.39, 0.29) is 41.6 Å². The van der Waals surface area contributed by atoms with Crippen LogP contribution in [0.1, 0.15) is 32.3 Å². The Morgan fingerprint density at radius 2 is 1.95 bits per heavy atom. The third-order valence-electron chi connectivity index (χ3n) is 7.52. The molecule has 2 aliphatic rings. The maximum Gasteiger partial charge on any atom is 0.238 e. The first-order valence-corrected chi connectivity index (χ1v) is 15.1. The highest BCUT2D eigenvalue weighted by atomic mass is 32.2. The Kier molecular flexibility index (Phi) is 7.45. The van der Waals surface area contributed by atoms with Gasteiger partial charge in [-0.05, 0) is 30.9 Å². The number of hydrogen-bond donors (Lipinski definition) is 2. The number of nitrogens with one attached hydrogen (secondary N) is 2. The number of likely N-dealkylation sites (N-methyl/N-ethyl adjacent to an activating group) is 1. The Bertz CT molecular complexity index is 1570. The van der Waals surface area contributed by atoms with Crippen LogP contribution in [0, 0.1) is 11.7 Å². The highest BCUT2D eigenvalue weighted by Gasteiger charge is 2.58. The fraction of sp³-hybridized carbons (Fsp3) is 0.464. The summed E-state index contributed by atoms with van der Waals surface area (Å²) in [5.41, 5.74) is 1.97. The lowest BCUT2D eigenvalue weighted by molar-refractivity contribution is -0.128.